The van der Waals surface area contributed by atoms with Crippen LogP contribution in [0, 0.1) is 0 Å². The Kier molecular flexibility index (Phi) is 4.98. The van der Waals surface area contributed by atoms with Gasteiger partial charge in [-0.1, -0.05) is 71.0 Å². The summed E-state index contributed by atoms with van der Waals surface area (Å²) in [6.07, 6.45) is 0. The van der Waals surface area contributed by atoms with Crippen molar-refractivity contribution in [2.75, 3.05) is 0 Å². The molecule has 0 spiro atoms. The van der Waals surface area contributed by atoms with E-state index in [1.54, 1.807) is 12.1 Å². The van der Waals surface area contributed by atoms with Crippen molar-refractivity contribution in [3.63, 3.8) is 0 Å². The van der Waals surface area contributed by atoms with Crippen LogP contribution in [0.2, 0.25) is 5.02 Å². The maximum Gasteiger partial charge on any atom is 0.278 e. The molecular formula is C22H16ClN5OS. The van der Waals surface area contributed by atoms with Crippen LogP contribution >= 0.6 is 23.4 Å². The van der Waals surface area contributed by atoms with Crippen molar-refractivity contribution in [1.82, 2.24) is 24.5 Å². The predicted molar refractivity (Wildman–Crippen MR) is 120 cm³/mol. The van der Waals surface area contributed by atoms with Crippen LogP contribution in [-0.4, -0.2) is 24.5 Å². The molecule has 3 aromatic carbocycles. The van der Waals surface area contributed by atoms with Gasteiger partial charge in [-0.3, -0.25) is 4.79 Å². The van der Waals surface area contributed by atoms with Crippen molar-refractivity contribution >= 4 is 45.3 Å². The van der Waals surface area contributed by atoms with E-state index in [1.165, 1.54) is 16.4 Å². The van der Waals surface area contributed by atoms with Gasteiger partial charge < -0.3 is 4.57 Å². The molecule has 8 heteroatoms. The van der Waals surface area contributed by atoms with Crippen molar-refractivity contribution in [2.45, 2.75) is 17.6 Å². The maximum absolute atomic E-state index is 12.7. The minimum absolute atomic E-state index is 0.165. The third-order valence-electron chi connectivity index (χ3n) is 4.80. The summed E-state index contributed by atoms with van der Waals surface area (Å²) in [5, 5.41) is 10.2. The van der Waals surface area contributed by atoms with Gasteiger partial charge in [-0.05, 0) is 35.9 Å². The van der Waals surface area contributed by atoms with Crippen molar-refractivity contribution < 1.29 is 0 Å². The lowest BCUT2D eigenvalue weighted by Crippen LogP contribution is -2.23. The van der Waals surface area contributed by atoms with E-state index in [0.717, 1.165) is 21.8 Å². The third-order valence-corrected chi connectivity index (χ3v) is 5.98. The highest BCUT2D eigenvalue weighted by atomic mass is 35.5. The molecular weight excluding hydrogens is 418 g/mol. The summed E-state index contributed by atoms with van der Waals surface area (Å²) in [6.45, 7) is 0.666. The quantitative estimate of drug-likeness (QED) is 0.379. The Labute approximate surface area is 181 Å². The second kappa shape index (κ2) is 7.93. The molecule has 148 valence electrons. The number of thioether (sulfide) groups is 1. The van der Waals surface area contributed by atoms with Crippen LogP contribution in [-0.2, 0) is 12.4 Å². The summed E-state index contributed by atoms with van der Waals surface area (Å²) in [6, 6.07) is 23.1. The van der Waals surface area contributed by atoms with E-state index < -0.39 is 0 Å². The Hall–Kier alpha value is -3.16. The Bertz CT molecular complexity index is 1410. The van der Waals surface area contributed by atoms with Crippen molar-refractivity contribution in [3.05, 3.63) is 93.7 Å². The van der Waals surface area contributed by atoms with Crippen molar-refractivity contribution in [1.29, 1.82) is 0 Å². The maximum atomic E-state index is 12.7. The van der Waals surface area contributed by atoms with E-state index in [1.807, 2.05) is 48.5 Å². The molecule has 0 saturated carbocycles. The molecule has 0 atom stereocenters. The normalized spacial score (nSPS) is 11.4. The number of benzene rings is 3. The zero-order valence-electron chi connectivity index (χ0n) is 15.8. The molecule has 0 aliphatic heterocycles. The highest BCUT2D eigenvalue weighted by Crippen LogP contribution is 2.27. The highest BCUT2D eigenvalue weighted by molar-refractivity contribution is 7.98. The average molecular weight is 434 g/mol. The second-order valence-corrected chi connectivity index (χ2v) is 8.13. The Balaban J connectivity index is 1.51. The van der Waals surface area contributed by atoms with Crippen LogP contribution < -0.4 is 5.56 Å². The fraction of sp³-hybridized carbons (Fsp3) is 0.0909. The van der Waals surface area contributed by atoms with E-state index in [2.05, 4.69) is 27.0 Å². The number of fused-ring (bicyclic) bond motifs is 2. The number of rotatable bonds is 5. The zero-order chi connectivity index (χ0) is 20.5. The summed E-state index contributed by atoms with van der Waals surface area (Å²) in [4.78, 5) is 17.5. The summed E-state index contributed by atoms with van der Waals surface area (Å²) in [7, 11) is 0. The number of aromatic nitrogens is 5. The highest BCUT2D eigenvalue weighted by Gasteiger charge is 2.14. The van der Waals surface area contributed by atoms with Crippen molar-refractivity contribution in [2.24, 2.45) is 0 Å². The summed E-state index contributed by atoms with van der Waals surface area (Å²) >= 11 is 7.61. The lowest BCUT2D eigenvalue weighted by Gasteiger charge is -2.10. The van der Waals surface area contributed by atoms with Gasteiger partial charge in [0.1, 0.15) is 5.52 Å². The number of nitrogens with zero attached hydrogens (tertiary/aromatic N) is 5. The van der Waals surface area contributed by atoms with Gasteiger partial charge in [-0.25, -0.2) is 4.98 Å². The topological polar surface area (TPSA) is 65.6 Å². The van der Waals surface area contributed by atoms with E-state index in [9.17, 15) is 4.79 Å². The molecule has 30 heavy (non-hydrogen) atoms. The zero-order valence-corrected chi connectivity index (χ0v) is 17.3. The lowest BCUT2D eigenvalue weighted by molar-refractivity contribution is 0.640. The first-order chi connectivity index (χ1) is 14.7. The Morgan fingerprint density at radius 1 is 0.933 bits per heavy atom. The molecule has 0 aliphatic rings. The SMILES string of the molecule is O=c1c2ccccc2nnn1CSc1nc2cc(Cl)ccc2n1Cc1ccccc1. The molecule has 5 rings (SSSR count). The van der Waals surface area contributed by atoms with Crippen molar-refractivity contribution in [3.8, 4) is 0 Å². The smallest absolute Gasteiger partial charge is 0.278 e. The number of imidazole rings is 1. The van der Waals surface area contributed by atoms with Gasteiger partial charge in [-0.15, -0.1) is 5.10 Å². The number of hydrogen-bond acceptors (Lipinski definition) is 5. The number of hydrogen-bond donors (Lipinski definition) is 0. The van der Waals surface area contributed by atoms with Gasteiger partial charge in [0, 0.05) is 5.02 Å². The van der Waals surface area contributed by atoms with E-state index in [0.29, 0.717) is 28.3 Å². The molecule has 0 fully saturated rings. The first-order valence-corrected chi connectivity index (χ1v) is 10.7. The second-order valence-electron chi connectivity index (χ2n) is 6.78. The van der Waals surface area contributed by atoms with Gasteiger partial charge in [0.15, 0.2) is 5.16 Å². The summed E-state index contributed by atoms with van der Waals surface area (Å²) < 4.78 is 3.50. The van der Waals surface area contributed by atoms with Crippen LogP contribution in [0.15, 0.2) is 82.7 Å². The minimum atomic E-state index is -0.165. The van der Waals surface area contributed by atoms with E-state index >= 15 is 0 Å². The Morgan fingerprint density at radius 2 is 1.73 bits per heavy atom. The first kappa shape index (κ1) is 18.8. The first-order valence-electron chi connectivity index (χ1n) is 9.34. The minimum Gasteiger partial charge on any atom is -0.314 e. The molecule has 0 radical (unpaired) electrons. The molecule has 2 aromatic heterocycles. The summed E-state index contributed by atoms with van der Waals surface area (Å²) in [5.74, 6) is 0.308. The van der Waals surface area contributed by atoms with Crippen LogP contribution in [0.4, 0.5) is 0 Å². The molecule has 6 nitrogen and oxygen atoms in total. The fourth-order valence-corrected chi connectivity index (χ4v) is 4.39. The number of halogens is 1. The van der Waals surface area contributed by atoms with Gasteiger partial charge >= 0.3 is 0 Å². The van der Waals surface area contributed by atoms with Gasteiger partial charge in [-0.2, -0.15) is 4.68 Å². The standard InChI is InChI=1S/C22H16ClN5OS/c23-16-10-11-20-19(12-16)24-22(27(20)13-15-6-2-1-3-7-15)30-14-28-21(29)17-8-4-5-9-18(17)25-26-28/h1-12H,13-14H2. The molecule has 2 heterocycles. The van der Waals surface area contributed by atoms with Gasteiger partial charge in [0.05, 0.1) is 28.8 Å². The van der Waals surface area contributed by atoms with Crippen LogP contribution in [0.1, 0.15) is 5.56 Å². The molecule has 5 aromatic rings. The monoisotopic (exact) mass is 433 g/mol. The largest absolute Gasteiger partial charge is 0.314 e. The molecule has 0 unspecified atom stereocenters. The van der Waals surface area contributed by atoms with Gasteiger partial charge in [0.25, 0.3) is 5.56 Å². The lowest BCUT2D eigenvalue weighted by atomic mass is 10.2. The molecule has 0 amide bonds. The molecule has 0 saturated heterocycles. The molecule has 0 aliphatic carbocycles. The van der Waals surface area contributed by atoms with E-state index in [4.69, 9.17) is 16.6 Å². The molecule has 0 N–H and O–H groups in total. The van der Waals surface area contributed by atoms with Gasteiger partial charge in [0.2, 0.25) is 0 Å². The van der Waals surface area contributed by atoms with Crippen LogP contribution in [0.25, 0.3) is 21.9 Å². The third kappa shape index (κ3) is 3.58. The molecule has 0 bridgehead atoms. The van der Waals surface area contributed by atoms with Crippen LogP contribution in [0.3, 0.4) is 0 Å². The Morgan fingerprint density at radius 3 is 2.60 bits per heavy atom. The van der Waals surface area contributed by atoms with E-state index in [-0.39, 0.29) is 5.56 Å². The average Bonchev–Trinajstić information content (AvgIpc) is 3.10. The fourth-order valence-electron chi connectivity index (χ4n) is 3.34. The summed E-state index contributed by atoms with van der Waals surface area (Å²) in [5.41, 5.74) is 3.40. The van der Waals surface area contributed by atoms with Crippen LogP contribution in [0.5, 0.6) is 0 Å². The predicted octanol–water partition coefficient (Wildman–Crippen LogP) is 4.59.